The molecule has 0 unspecified atom stereocenters. The number of amides is 1. The number of aromatic nitrogens is 4. The predicted octanol–water partition coefficient (Wildman–Crippen LogP) is 2.43. The van der Waals surface area contributed by atoms with Crippen LogP contribution in [0.1, 0.15) is 5.56 Å². The third kappa shape index (κ3) is 3.47. The van der Waals surface area contributed by atoms with Crippen molar-refractivity contribution in [2.24, 2.45) is 0 Å². The van der Waals surface area contributed by atoms with Gasteiger partial charge < -0.3 is 14.8 Å². The Morgan fingerprint density at radius 2 is 2.00 bits per heavy atom. The number of carbonyl (C=O) groups is 1. The molecular weight excluding hydrogens is 354 g/mol. The van der Waals surface area contributed by atoms with Gasteiger partial charge in [0.25, 0.3) is 0 Å². The summed E-state index contributed by atoms with van der Waals surface area (Å²) in [6.45, 7) is 2.21. The summed E-state index contributed by atoms with van der Waals surface area (Å²) in [6, 6.07) is 13.1. The average molecular weight is 369 g/mol. The van der Waals surface area contributed by atoms with Gasteiger partial charge in [-0.3, -0.25) is 4.79 Å². The first kappa shape index (κ1) is 16.4. The lowest BCUT2D eigenvalue weighted by Gasteiger charge is -2.07. The standard InChI is InChI=1S/C17H15N5O3S/c1-11-2-5-13(6-3-11)22-17(19-20-21-22)26-9-16(23)18-12-4-7-14-15(8-12)25-10-24-14/h2-8H,9-10H2,1H3,(H,18,23). The van der Waals surface area contributed by atoms with Gasteiger partial charge >= 0.3 is 0 Å². The summed E-state index contributed by atoms with van der Waals surface area (Å²) < 4.78 is 12.2. The number of anilines is 1. The summed E-state index contributed by atoms with van der Waals surface area (Å²) in [5.74, 6) is 1.32. The summed E-state index contributed by atoms with van der Waals surface area (Å²) in [6.07, 6.45) is 0. The van der Waals surface area contributed by atoms with E-state index in [1.165, 1.54) is 11.8 Å². The first-order valence-electron chi connectivity index (χ1n) is 7.87. The van der Waals surface area contributed by atoms with Crippen molar-refractivity contribution in [2.45, 2.75) is 12.1 Å². The number of nitrogens with zero attached hydrogens (tertiary/aromatic N) is 4. The molecule has 0 aliphatic carbocycles. The monoisotopic (exact) mass is 369 g/mol. The van der Waals surface area contributed by atoms with Gasteiger partial charge in [0.1, 0.15) is 0 Å². The van der Waals surface area contributed by atoms with E-state index in [1.807, 2.05) is 31.2 Å². The first-order valence-corrected chi connectivity index (χ1v) is 8.85. The van der Waals surface area contributed by atoms with E-state index in [1.54, 1.807) is 22.9 Å². The fraction of sp³-hybridized carbons (Fsp3) is 0.176. The van der Waals surface area contributed by atoms with E-state index >= 15 is 0 Å². The summed E-state index contributed by atoms with van der Waals surface area (Å²) in [5, 5.41) is 15.1. The third-order valence-corrected chi connectivity index (χ3v) is 4.63. The number of benzene rings is 2. The number of aryl methyl sites for hydroxylation is 1. The molecule has 9 heteroatoms. The molecule has 0 spiro atoms. The predicted molar refractivity (Wildman–Crippen MR) is 95.8 cm³/mol. The number of ether oxygens (including phenoxy) is 2. The van der Waals surface area contributed by atoms with Crippen LogP contribution in [0.2, 0.25) is 0 Å². The molecular formula is C17H15N5O3S. The van der Waals surface area contributed by atoms with E-state index < -0.39 is 0 Å². The molecule has 1 N–H and O–H groups in total. The average Bonchev–Trinajstić information content (AvgIpc) is 3.29. The molecule has 0 saturated heterocycles. The third-order valence-electron chi connectivity index (χ3n) is 3.71. The normalized spacial score (nSPS) is 12.2. The second-order valence-corrected chi connectivity index (χ2v) is 6.56. The molecule has 4 rings (SSSR count). The Labute approximate surface area is 153 Å². The molecule has 132 valence electrons. The number of rotatable bonds is 5. The minimum Gasteiger partial charge on any atom is -0.454 e. The van der Waals surface area contributed by atoms with Crippen LogP contribution in [0.3, 0.4) is 0 Å². The maximum absolute atomic E-state index is 12.2. The van der Waals surface area contributed by atoms with E-state index in [9.17, 15) is 4.79 Å². The van der Waals surface area contributed by atoms with Crippen molar-refractivity contribution in [3.63, 3.8) is 0 Å². The zero-order valence-corrected chi connectivity index (χ0v) is 14.7. The van der Waals surface area contributed by atoms with Crippen LogP contribution in [0.25, 0.3) is 5.69 Å². The second-order valence-electron chi connectivity index (χ2n) is 5.61. The van der Waals surface area contributed by atoms with E-state index in [2.05, 4.69) is 20.8 Å². The highest BCUT2D eigenvalue weighted by Gasteiger charge is 2.15. The van der Waals surface area contributed by atoms with E-state index in [0.29, 0.717) is 22.3 Å². The molecule has 2 aromatic carbocycles. The quantitative estimate of drug-likeness (QED) is 0.691. The van der Waals surface area contributed by atoms with Crippen LogP contribution in [0.4, 0.5) is 5.69 Å². The molecule has 1 aliphatic heterocycles. The summed E-state index contributed by atoms with van der Waals surface area (Å²) in [7, 11) is 0. The van der Waals surface area contributed by atoms with Gasteiger partial charge in [-0.1, -0.05) is 29.5 Å². The van der Waals surface area contributed by atoms with Gasteiger partial charge in [-0.2, -0.15) is 4.68 Å². The van der Waals surface area contributed by atoms with Crippen molar-refractivity contribution in [3.8, 4) is 17.2 Å². The molecule has 0 fully saturated rings. The van der Waals surface area contributed by atoms with Crippen LogP contribution in [0.15, 0.2) is 47.6 Å². The van der Waals surface area contributed by atoms with Crippen LogP contribution in [0.5, 0.6) is 11.5 Å². The van der Waals surface area contributed by atoms with Crippen molar-refractivity contribution >= 4 is 23.4 Å². The molecule has 1 aromatic heterocycles. The molecule has 0 atom stereocenters. The van der Waals surface area contributed by atoms with Crippen molar-refractivity contribution in [2.75, 3.05) is 17.9 Å². The highest BCUT2D eigenvalue weighted by Crippen LogP contribution is 2.34. The Morgan fingerprint density at radius 3 is 2.85 bits per heavy atom. The number of tetrazole rings is 1. The lowest BCUT2D eigenvalue weighted by Crippen LogP contribution is -2.14. The summed E-state index contributed by atoms with van der Waals surface area (Å²) >= 11 is 1.26. The molecule has 8 nitrogen and oxygen atoms in total. The Bertz CT molecular complexity index is 942. The topological polar surface area (TPSA) is 91.2 Å². The second kappa shape index (κ2) is 7.04. The molecule has 26 heavy (non-hydrogen) atoms. The number of thioether (sulfide) groups is 1. The molecule has 0 radical (unpaired) electrons. The number of carbonyl (C=O) groups excluding carboxylic acids is 1. The van der Waals surface area contributed by atoms with E-state index in [0.717, 1.165) is 11.3 Å². The smallest absolute Gasteiger partial charge is 0.234 e. The fourth-order valence-corrected chi connectivity index (χ4v) is 3.11. The maximum Gasteiger partial charge on any atom is 0.234 e. The molecule has 1 amide bonds. The summed E-state index contributed by atoms with van der Waals surface area (Å²) in [5.41, 5.74) is 2.65. The number of hydrogen-bond donors (Lipinski definition) is 1. The lowest BCUT2D eigenvalue weighted by atomic mass is 10.2. The van der Waals surface area contributed by atoms with Crippen LogP contribution in [0, 0.1) is 6.92 Å². The van der Waals surface area contributed by atoms with Crippen LogP contribution in [-0.4, -0.2) is 38.7 Å². The SMILES string of the molecule is Cc1ccc(-n2nnnc2SCC(=O)Nc2ccc3c(c2)OCO3)cc1. The summed E-state index contributed by atoms with van der Waals surface area (Å²) in [4.78, 5) is 12.2. The van der Waals surface area contributed by atoms with Gasteiger partial charge in [0, 0.05) is 11.8 Å². The van der Waals surface area contributed by atoms with Crippen molar-refractivity contribution in [1.29, 1.82) is 0 Å². The number of hydrogen-bond acceptors (Lipinski definition) is 7. The van der Waals surface area contributed by atoms with Gasteiger partial charge in [0.2, 0.25) is 17.9 Å². The van der Waals surface area contributed by atoms with Gasteiger partial charge in [-0.25, -0.2) is 0 Å². The minimum absolute atomic E-state index is 0.160. The van der Waals surface area contributed by atoms with Crippen molar-refractivity contribution in [3.05, 3.63) is 48.0 Å². The molecule has 1 aliphatic rings. The molecule has 3 aromatic rings. The molecule has 0 saturated carbocycles. The highest BCUT2D eigenvalue weighted by atomic mass is 32.2. The Hall–Kier alpha value is -3.07. The molecule has 2 heterocycles. The van der Waals surface area contributed by atoms with Crippen LogP contribution >= 0.6 is 11.8 Å². The van der Waals surface area contributed by atoms with Gasteiger partial charge in [-0.15, -0.1) is 5.10 Å². The van der Waals surface area contributed by atoms with Crippen molar-refractivity contribution < 1.29 is 14.3 Å². The van der Waals surface area contributed by atoms with Crippen LogP contribution < -0.4 is 14.8 Å². The fourth-order valence-electron chi connectivity index (χ4n) is 2.42. The molecule has 0 bridgehead atoms. The van der Waals surface area contributed by atoms with Gasteiger partial charge in [-0.05, 0) is 41.6 Å². The van der Waals surface area contributed by atoms with E-state index in [4.69, 9.17) is 9.47 Å². The van der Waals surface area contributed by atoms with Crippen molar-refractivity contribution in [1.82, 2.24) is 20.2 Å². The van der Waals surface area contributed by atoms with Gasteiger partial charge in [0.05, 0.1) is 11.4 Å². The number of nitrogens with one attached hydrogen (secondary N) is 1. The Morgan fingerprint density at radius 1 is 1.19 bits per heavy atom. The van der Waals surface area contributed by atoms with Crippen LogP contribution in [-0.2, 0) is 4.79 Å². The maximum atomic E-state index is 12.2. The number of fused-ring (bicyclic) bond motifs is 1. The van der Waals surface area contributed by atoms with E-state index in [-0.39, 0.29) is 18.5 Å². The Balaban J connectivity index is 1.39. The Kier molecular flexibility index (Phi) is 4.44. The highest BCUT2D eigenvalue weighted by molar-refractivity contribution is 7.99. The van der Waals surface area contributed by atoms with Gasteiger partial charge in [0.15, 0.2) is 11.5 Å². The minimum atomic E-state index is -0.160. The first-order chi connectivity index (χ1) is 12.7. The zero-order chi connectivity index (χ0) is 17.9. The largest absolute Gasteiger partial charge is 0.454 e. The lowest BCUT2D eigenvalue weighted by molar-refractivity contribution is -0.113. The zero-order valence-electron chi connectivity index (χ0n) is 13.9.